The smallest absolute Gasteiger partial charge is 0.411 e. The van der Waals surface area contributed by atoms with Gasteiger partial charge in [0.15, 0.2) is 5.78 Å². The van der Waals surface area contributed by atoms with Gasteiger partial charge in [0.05, 0.1) is 12.1 Å². The molecule has 1 N–H and O–H groups in total. The molecule has 0 aliphatic rings. The molecule has 0 saturated heterocycles. The number of aliphatic carboxylic acids is 1. The SMILES string of the molecule is Cc1cc(C(=O)CN(CC(=O)O)C(=O)OC(C)(C)C)c2ccccc2n1. The number of Topliss-reactive ketones (excluding diaryl/α,β-unsaturated/α-hetero) is 1. The molecule has 2 rings (SSSR count). The minimum Gasteiger partial charge on any atom is -0.480 e. The van der Waals surface area contributed by atoms with Crippen molar-refractivity contribution in [1.82, 2.24) is 9.88 Å². The van der Waals surface area contributed by atoms with Gasteiger partial charge in [-0.1, -0.05) is 18.2 Å². The number of ether oxygens (including phenoxy) is 1. The zero-order valence-corrected chi connectivity index (χ0v) is 15.3. The van der Waals surface area contributed by atoms with Gasteiger partial charge in [-0.05, 0) is 39.8 Å². The molecule has 7 heteroatoms. The Labute approximate surface area is 151 Å². The van der Waals surface area contributed by atoms with Gasteiger partial charge in [0, 0.05) is 16.6 Å². The summed E-state index contributed by atoms with van der Waals surface area (Å²) in [4.78, 5) is 41.4. The van der Waals surface area contributed by atoms with Crippen LogP contribution in [0.5, 0.6) is 0 Å². The molecule has 2 aromatic rings. The Morgan fingerprint density at radius 3 is 2.42 bits per heavy atom. The first-order valence-electron chi connectivity index (χ1n) is 8.16. The number of fused-ring (bicyclic) bond motifs is 1. The molecule has 0 spiro atoms. The van der Waals surface area contributed by atoms with Crippen molar-refractivity contribution < 1.29 is 24.2 Å². The number of aromatic nitrogens is 1. The van der Waals surface area contributed by atoms with Crippen LogP contribution in [-0.2, 0) is 9.53 Å². The van der Waals surface area contributed by atoms with Crippen LogP contribution in [0.3, 0.4) is 0 Å². The van der Waals surface area contributed by atoms with E-state index in [2.05, 4.69) is 4.98 Å². The van der Waals surface area contributed by atoms with Gasteiger partial charge in [-0.25, -0.2) is 4.79 Å². The molecule has 0 fully saturated rings. The Morgan fingerprint density at radius 2 is 1.81 bits per heavy atom. The van der Waals surface area contributed by atoms with Crippen LogP contribution in [0.1, 0.15) is 36.8 Å². The standard InChI is InChI=1S/C19H22N2O5/c1-12-9-14(13-7-5-6-8-15(13)20-12)16(22)10-21(11-17(23)24)18(25)26-19(2,3)4/h5-9H,10-11H2,1-4H3,(H,23,24). The lowest BCUT2D eigenvalue weighted by Crippen LogP contribution is -2.42. The largest absolute Gasteiger partial charge is 0.480 e. The van der Waals surface area contributed by atoms with Crippen LogP contribution in [-0.4, -0.2) is 51.5 Å². The number of carbonyl (C=O) groups is 3. The van der Waals surface area contributed by atoms with E-state index < -0.39 is 30.8 Å². The number of aryl methyl sites for hydroxylation is 1. The summed E-state index contributed by atoms with van der Waals surface area (Å²) >= 11 is 0. The van der Waals surface area contributed by atoms with Crippen LogP contribution >= 0.6 is 0 Å². The lowest BCUT2D eigenvalue weighted by atomic mass is 10.0. The third-order valence-electron chi connectivity index (χ3n) is 3.46. The number of carboxylic acid groups (broad SMARTS) is 1. The highest BCUT2D eigenvalue weighted by molar-refractivity contribution is 6.09. The highest BCUT2D eigenvalue weighted by Gasteiger charge is 2.26. The van der Waals surface area contributed by atoms with Crippen LogP contribution in [0.15, 0.2) is 30.3 Å². The Balaban J connectivity index is 2.32. The molecule has 1 aromatic carbocycles. The molecule has 1 amide bonds. The molecule has 0 aliphatic carbocycles. The van der Waals surface area contributed by atoms with Crippen molar-refractivity contribution in [3.8, 4) is 0 Å². The predicted octanol–water partition coefficient (Wildman–Crippen LogP) is 3.05. The van der Waals surface area contributed by atoms with E-state index in [0.29, 0.717) is 22.2 Å². The number of carbonyl (C=O) groups excluding carboxylic acids is 2. The van der Waals surface area contributed by atoms with E-state index in [-0.39, 0.29) is 5.78 Å². The van der Waals surface area contributed by atoms with Crippen LogP contribution < -0.4 is 0 Å². The van der Waals surface area contributed by atoms with Crippen molar-refractivity contribution in [2.45, 2.75) is 33.3 Å². The third-order valence-corrected chi connectivity index (χ3v) is 3.46. The number of para-hydroxylation sites is 1. The summed E-state index contributed by atoms with van der Waals surface area (Å²) in [5.41, 5.74) is 0.927. The maximum Gasteiger partial charge on any atom is 0.411 e. The van der Waals surface area contributed by atoms with E-state index >= 15 is 0 Å². The van der Waals surface area contributed by atoms with Crippen molar-refractivity contribution >= 4 is 28.7 Å². The fourth-order valence-corrected chi connectivity index (χ4v) is 2.47. The number of rotatable bonds is 5. The van der Waals surface area contributed by atoms with Crippen LogP contribution in [0.4, 0.5) is 4.79 Å². The average molecular weight is 358 g/mol. The first kappa shape index (κ1) is 19.4. The molecule has 0 aliphatic heterocycles. The lowest BCUT2D eigenvalue weighted by Gasteiger charge is -2.26. The van der Waals surface area contributed by atoms with Gasteiger partial charge < -0.3 is 9.84 Å². The van der Waals surface area contributed by atoms with Gasteiger partial charge >= 0.3 is 12.1 Å². The van der Waals surface area contributed by atoms with Gasteiger partial charge in [-0.3, -0.25) is 19.5 Å². The molecule has 1 heterocycles. The zero-order chi connectivity index (χ0) is 19.5. The maximum absolute atomic E-state index is 12.8. The number of carboxylic acids is 1. The molecule has 138 valence electrons. The molecular formula is C19H22N2O5. The molecule has 1 aromatic heterocycles. The first-order valence-corrected chi connectivity index (χ1v) is 8.16. The van der Waals surface area contributed by atoms with E-state index in [1.807, 2.05) is 6.07 Å². The molecule has 7 nitrogen and oxygen atoms in total. The minimum absolute atomic E-state index is 0.376. The quantitative estimate of drug-likeness (QED) is 0.825. The average Bonchev–Trinajstić information content (AvgIpc) is 2.51. The predicted molar refractivity (Wildman–Crippen MR) is 96.3 cm³/mol. The van der Waals surface area contributed by atoms with Crippen LogP contribution in [0.25, 0.3) is 10.9 Å². The molecule has 26 heavy (non-hydrogen) atoms. The van der Waals surface area contributed by atoms with E-state index in [4.69, 9.17) is 9.84 Å². The summed E-state index contributed by atoms with van der Waals surface area (Å²) in [6.45, 7) is 5.77. The Hall–Kier alpha value is -2.96. The monoisotopic (exact) mass is 358 g/mol. The van der Waals surface area contributed by atoms with Gasteiger partial charge in [-0.15, -0.1) is 0 Å². The third kappa shape index (κ3) is 5.02. The van der Waals surface area contributed by atoms with Crippen LogP contribution in [0, 0.1) is 6.92 Å². The van der Waals surface area contributed by atoms with E-state index in [1.165, 1.54) is 0 Å². The number of hydrogen-bond donors (Lipinski definition) is 1. The second kappa shape index (κ2) is 7.51. The van der Waals surface area contributed by atoms with Crippen molar-refractivity contribution in [1.29, 1.82) is 0 Å². The highest BCUT2D eigenvalue weighted by Crippen LogP contribution is 2.19. The molecule has 0 bridgehead atoms. The number of ketones is 1. The fraction of sp³-hybridized carbons (Fsp3) is 0.368. The second-order valence-electron chi connectivity index (χ2n) is 6.98. The zero-order valence-electron chi connectivity index (χ0n) is 15.3. The van der Waals surface area contributed by atoms with Crippen molar-refractivity contribution in [2.24, 2.45) is 0 Å². The van der Waals surface area contributed by atoms with Crippen LogP contribution in [0.2, 0.25) is 0 Å². The molecule has 0 atom stereocenters. The first-order chi connectivity index (χ1) is 12.1. The Bertz CT molecular complexity index is 855. The minimum atomic E-state index is -1.22. The number of benzene rings is 1. The number of amides is 1. The van der Waals surface area contributed by atoms with E-state index in [9.17, 15) is 14.4 Å². The number of hydrogen-bond acceptors (Lipinski definition) is 5. The van der Waals surface area contributed by atoms with Gasteiger partial charge in [-0.2, -0.15) is 0 Å². The molecule has 0 unspecified atom stereocenters. The molecular weight excluding hydrogens is 336 g/mol. The normalized spacial score (nSPS) is 11.2. The van der Waals surface area contributed by atoms with Gasteiger partial charge in [0.2, 0.25) is 0 Å². The summed E-state index contributed by atoms with van der Waals surface area (Å²) in [7, 11) is 0. The molecule has 0 saturated carbocycles. The number of nitrogens with zero attached hydrogens (tertiary/aromatic N) is 2. The fourth-order valence-electron chi connectivity index (χ4n) is 2.47. The van der Waals surface area contributed by atoms with Gasteiger partial charge in [0.25, 0.3) is 0 Å². The summed E-state index contributed by atoms with van der Waals surface area (Å²) in [5, 5.41) is 9.71. The number of pyridine rings is 1. The topological polar surface area (TPSA) is 96.8 Å². The van der Waals surface area contributed by atoms with Crippen molar-refractivity contribution in [3.63, 3.8) is 0 Å². The maximum atomic E-state index is 12.8. The lowest BCUT2D eigenvalue weighted by molar-refractivity contribution is -0.138. The Kier molecular flexibility index (Phi) is 5.59. The summed E-state index contributed by atoms with van der Waals surface area (Å²) in [6.07, 6.45) is -0.844. The Morgan fingerprint density at radius 1 is 1.15 bits per heavy atom. The summed E-state index contributed by atoms with van der Waals surface area (Å²) in [5.74, 6) is -1.60. The molecule has 0 radical (unpaired) electrons. The second-order valence-corrected chi connectivity index (χ2v) is 6.98. The summed E-state index contributed by atoms with van der Waals surface area (Å²) in [6, 6.07) is 8.81. The van der Waals surface area contributed by atoms with Crippen molar-refractivity contribution in [2.75, 3.05) is 13.1 Å². The van der Waals surface area contributed by atoms with Gasteiger partial charge in [0.1, 0.15) is 12.1 Å². The van der Waals surface area contributed by atoms with E-state index in [0.717, 1.165) is 4.90 Å². The van der Waals surface area contributed by atoms with Crippen molar-refractivity contribution in [3.05, 3.63) is 41.6 Å². The summed E-state index contributed by atoms with van der Waals surface area (Å²) < 4.78 is 5.21. The highest BCUT2D eigenvalue weighted by atomic mass is 16.6. The van der Waals surface area contributed by atoms with E-state index in [1.54, 1.807) is 52.0 Å².